The Morgan fingerprint density at radius 1 is 1.35 bits per heavy atom. The number of nitrogens with two attached hydrogens (primary N) is 1. The van der Waals surface area contributed by atoms with E-state index in [-0.39, 0.29) is 6.61 Å². The van der Waals surface area contributed by atoms with Gasteiger partial charge in [-0.2, -0.15) is 0 Å². The molecule has 1 unspecified atom stereocenters. The molecule has 0 aromatic carbocycles. The lowest BCUT2D eigenvalue weighted by Gasteiger charge is -2.21. The highest BCUT2D eigenvalue weighted by molar-refractivity contribution is 5.81. The third kappa shape index (κ3) is 8.27. The van der Waals surface area contributed by atoms with Crippen LogP contribution in [-0.4, -0.2) is 37.3 Å². The average Bonchev–Trinajstić information content (AvgIpc) is 2.21. The molecule has 0 radical (unpaired) electrons. The van der Waals surface area contributed by atoms with E-state index in [1.54, 1.807) is 20.8 Å². The maximum atomic E-state index is 11.4. The minimum Gasteiger partial charge on any atom is -0.499 e. The van der Waals surface area contributed by atoms with E-state index in [1.165, 1.54) is 7.11 Å². The number of rotatable bonds is 5. The van der Waals surface area contributed by atoms with Crippen LogP contribution in [0, 0.1) is 0 Å². The molecule has 0 fully saturated rings. The Labute approximate surface area is 101 Å². The SMILES string of the molecule is COC(=O)C=COCC(N)C(=O)OC(C)(C)C. The van der Waals surface area contributed by atoms with Crippen LogP contribution in [0.25, 0.3) is 0 Å². The van der Waals surface area contributed by atoms with Crippen molar-refractivity contribution in [1.82, 2.24) is 0 Å². The summed E-state index contributed by atoms with van der Waals surface area (Å²) in [6.07, 6.45) is 2.21. The van der Waals surface area contributed by atoms with Crippen LogP contribution >= 0.6 is 0 Å². The number of carbonyl (C=O) groups excluding carboxylic acids is 2. The fourth-order valence-corrected chi connectivity index (χ4v) is 0.776. The third-order valence-corrected chi connectivity index (χ3v) is 1.49. The van der Waals surface area contributed by atoms with Crippen molar-refractivity contribution in [1.29, 1.82) is 0 Å². The van der Waals surface area contributed by atoms with E-state index in [0.29, 0.717) is 0 Å². The van der Waals surface area contributed by atoms with Gasteiger partial charge in [-0.1, -0.05) is 0 Å². The van der Waals surface area contributed by atoms with Crippen molar-refractivity contribution in [3.05, 3.63) is 12.3 Å². The van der Waals surface area contributed by atoms with Gasteiger partial charge < -0.3 is 19.9 Å². The van der Waals surface area contributed by atoms with Gasteiger partial charge >= 0.3 is 11.9 Å². The van der Waals surface area contributed by atoms with Crippen LogP contribution in [0.5, 0.6) is 0 Å². The maximum absolute atomic E-state index is 11.4. The zero-order valence-corrected chi connectivity index (χ0v) is 10.6. The Kier molecular flexibility index (Phi) is 6.27. The highest BCUT2D eigenvalue weighted by atomic mass is 16.6. The van der Waals surface area contributed by atoms with Crippen molar-refractivity contribution in [3.63, 3.8) is 0 Å². The summed E-state index contributed by atoms with van der Waals surface area (Å²) in [5.41, 5.74) is 4.94. The molecule has 98 valence electrons. The van der Waals surface area contributed by atoms with Gasteiger partial charge in [0.25, 0.3) is 0 Å². The fraction of sp³-hybridized carbons (Fsp3) is 0.636. The molecule has 6 heteroatoms. The van der Waals surface area contributed by atoms with Gasteiger partial charge in [0.2, 0.25) is 0 Å². The molecule has 0 rings (SSSR count). The summed E-state index contributed by atoms with van der Waals surface area (Å²) in [4.78, 5) is 22.1. The average molecular weight is 245 g/mol. The van der Waals surface area contributed by atoms with Crippen molar-refractivity contribution < 1.29 is 23.8 Å². The van der Waals surface area contributed by atoms with E-state index in [0.717, 1.165) is 12.3 Å². The van der Waals surface area contributed by atoms with Crippen LogP contribution in [0.15, 0.2) is 12.3 Å². The zero-order valence-electron chi connectivity index (χ0n) is 10.6. The van der Waals surface area contributed by atoms with Gasteiger partial charge in [-0.3, -0.25) is 4.79 Å². The van der Waals surface area contributed by atoms with Crippen LogP contribution in [0.2, 0.25) is 0 Å². The molecule has 0 saturated carbocycles. The van der Waals surface area contributed by atoms with Crippen LogP contribution in [0.3, 0.4) is 0 Å². The standard InChI is InChI=1S/C11H19NO5/c1-11(2,3)17-10(14)8(12)7-16-6-5-9(13)15-4/h5-6,8H,7,12H2,1-4H3. The second-order valence-electron chi connectivity index (χ2n) is 4.30. The maximum Gasteiger partial charge on any atom is 0.333 e. The predicted octanol–water partition coefficient (Wildman–Crippen LogP) is 0.359. The molecule has 6 nitrogen and oxygen atoms in total. The molecule has 0 amide bonds. The van der Waals surface area contributed by atoms with Crippen molar-refractivity contribution in [2.45, 2.75) is 32.4 Å². The predicted molar refractivity (Wildman–Crippen MR) is 60.9 cm³/mol. The molecule has 0 aliphatic heterocycles. The summed E-state index contributed by atoms with van der Waals surface area (Å²) in [6.45, 7) is 5.17. The smallest absolute Gasteiger partial charge is 0.333 e. The van der Waals surface area contributed by atoms with E-state index < -0.39 is 23.6 Å². The van der Waals surface area contributed by atoms with Crippen molar-refractivity contribution in [2.75, 3.05) is 13.7 Å². The summed E-state index contributed by atoms with van der Waals surface area (Å²) in [7, 11) is 1.25. The fourth-order valence-electron chi connectivity index (χ4n) is 0.776. The van der Waals surface area contributed by atoms with Crippen LogP contribution in [-0.2, 0) is 23.8 Å². The molecular formula is C11H19NO5. The quantitative estimate of drug-likeness (QED) is 0.427. The van der Waals surface area contributed by atoms with E-state index in [1.807, 2.05) is 0 Å². The van der Waals surface area contributed by atoms with Gasteiger partial charge in [0.05, 0.1) is 19.4 Å². The largest absolute Gasteiger partial charge is 0.499 e. The summed E-state index contributed by atoms with van der Waals surface area (Å²) in [6, 6.07) is -0.892. The third-order valence-electron chi connectivity index (χ3n) is 1.49. The lowest BCUT2D eigenvalue weighted by Crippen LogP contribution is -2.40. The molecule has 0 bridgehead atoms. The first-order chi connectivity index (χ1) is 7.76. The lowest BCUT2D eigenvalue weighted by atomic mass is 10.2. The second-order valence-corrected chi connectivity index (χ2v) is 4.30. The van der Waals surface area contributed by atoms with Crippen molar-refractivity contribution in [2.24, 2.45) is 5.73 Å². The molecule has 0 aliphatic rings. The van der Waals surface area contributed by atoms with Gasteiger partial charge in [-0.25, -0.2) is 4.79 Å². The lowest BCUT2D eigenvalue weighted by molar-refractivity contribution is -0.157. The summed E-state index contributed by atoms with van der Waals surface area (Å²) < 4.78 is 14.3. The molecule has 0 aromatic heterocycles. The first-order valence-electron chi connectivity index (χ1n) is 5.11. The monoisotopic (exact) mass is 245 g/mol. The number of hydrogen-bond donors (Lipinski definition) is 1. The highest BCUT2D eigenvalue weighted by Crippen LogP contribution is 2.07. The van der Waals surface area contributed by atoms with Gasteiger partial charge in [-0.05, 0) is 20.8 Å². The molecule has 0 saturated heterocycles. The molecule has 0 aliphatic carbocycles. The number of methoxy groups -OCH3 is 1. The van der Waals surface area contributed by atoms with Gasteiger partial charge in [0.15, 0.2) is 0 Å². The Bertz CT molecular complexity index is 293. The van der Waals surface area contributed by atoms with Crippen LogP contribution in [0.4, 0.5) is 0 Å². The minimum atomic E-state index is -0.892. The molecule has 2 N–H and O–H groups in total. The second kappa shape index (κ2) is 6.90. The molecule has 0 heterocycles. The first-order valence-corrected chi connectivity index (χ1v) is 5.11. The molecule has 17 heavy (non-hydrogen) atoms. The molecule has 0 aromatic rings. The van der Waals surface area contributed by atoms with E-state index in [2.05, 4.69) is 4.74 Å². The molecule has 1 atom stereocenters. The Balaban J connectivity index is 3.94. The zero-order chi connectivity index (χ0) is 13.5. The summed E-state index contributed by atoms with van der Waals surface area (Å²) >= 11 is 0. The number of carbonyl (C=O) groups is 2. The van der Waals surface area contributed by atoms with Gasteiger partial charge in [0, 0.05) is 0 Å². The van der Waals surface area contributed by atoms with Crippen molar-refractivity contribution >= 4 is 11.9 Å². The Morgan fingerprint density at radius 3 is 2.41 bits per heavy atom. The minimum absolute atomic E-state index is 0.0671. The summed E-state index contributed by atoms with van der Waals surface area (Å²) in [5.74, 6) is -1.10. The summed E-state index contributed by atoms with van der Waals surface area (Å²) in [5, 5.41) is 0. The number of ether oxygens (including phenoxy) is 3. The van der Waals surface area contributed by atoms with E-state index >= 15 is 0 Å². The van der Waals surface area contributed by atoms with E-state index in [9.17, 15) is 9.59 Å². The van der Waals surface area contributed by atoms with Gasteiger partial charge in [0.1, 0.15) is 18.2 Å². The Hall–Kier alpha value is -1.56. The normalized spacial score (nSPS) is 13.2. The molecular weight excluding hydrogens is 226 g/mol. The van der Waals surface area contributed by atoms with Crippen LogP contribution in [0.1, 0.15) is 20.8 Å². The Morgan fingerprint density at radius 2 is 1.94 bits per heavy atom. The van der Waals surface area contributed by atoms with Crippen molar-refractivity contribution in [3.8, 4) is 0 Å². The molecule has 0 spiro atoms. The topological polar surface area (TPSA) is 87.9 Å². The highest BCUT2D eigenvalue weighted by Gasteiger charge is 2.22. The first kappa shape index (κ1) is 15.4. The van der Waals surface area contributed by atoms with Gasteiger partial charge in [-0.15, -0.1) is 0 Å². The number of hydrogen-bond acceptors (Lipinski definition) is 6. The number of esters is 2. The van der Waals surface area contributed by atoms with Crippen LogP contribution < -0.4 is 5.73 Å². The van der Waals surface area contributed by atoms with E-state index in [4.69, 9.17) is 15.2 Å².